The van der Waals surface area contributed by atoms with Gasteiger partial charge in [-0.15, -0.1) is 0 Å². The lowest BCUT2D eigenvalue weighted by atomic mass is 9.76. The molecule has 1 aliphatic heterocycles. The Bertz CT molecular complexity index is 762. The summed E-state index contributed by atoms with van der Waals surface area (Å²) in [5.74, 6) is -0.727. The van der Waals surface area contributed by atoms with E-state index in [2.05, 4.69) is 16.0 Å². The Morgan fingerprint density at radius 1 is 1.41 bits per heavy atom. The van der Waals surface area contributed by atoms with Gasteiger partial charge in [0.1, 0.15) is 30.6 Å². The first-order chi connectivity index (χ1) is 13.8. The molecule has 0 aromatic heterocycles. The number of carbonyl (C=O) groups is 1. The van der Waals surface area contributed by atoms with Gasteiger partial charge in [-0.3, -0.25) is 10.1 Å². The van der Waals surface area contributed by atoms with Gasteiger partial charge in [0.15, 0.2) is 0 Å². The van der Waals surface area contributed by atoms with E-state index >= 15 is 0 Å². The third-order valence-electron chi connectivity index (χ3n) is 6.32. The Morgan fingerprint density at radius 2 is 2.21 bits per heavy atom. The number of hydrogen-bond acceptors (Lipinski definition) is 5. The van der Waals surface area contributed by atoms with Gasteiger partial charge in [-0.1, -0.05) is 11.6 Å². The van der Waals surface area contributed by atoms with Crippen molar-refractivity contribution < 1.29 is 23.4 Å². The Kier molecular flexibility index (Phi) is 5.97. The van der Waals surface area contributed by atoms with Gasteiger partial charge in [-0.2, -0.15) is 0 Å². The zero-order valence-electron chi connectivity index (χ0n) is 16.0. The average Bonchev–Trinajstić information content (AvgIpc) is 3.16. The Balaban J connectivity index is 1.24. The summed E-state index contributed by atoms with van der Waals surface area (Å²) in [4.78, 5) is 12.5. The molecule has 6 nitrogen and oxygen atoms in total. The lowest BCUT2D eigenvalue weighted by Crippen LogP contribution is -2.56. The van der Waals surface area contributed by atoms with E-state index in [4.69, 9.17) is 16.3 Å². The molecule has 4 aliphatic rings. The van der Waals surface area contributed by atoms with E-state index in [1.165, 1.54) is 18.2 Å². The molecule has 1 amide bonds. The Labute approximate surface area is 173 Å². The number of ether oxygens (including phenoxy) is 1. The van der Waals surface area contributed by atoms with Crippen molar-refractivity contribution in [2.24, 2.45) is 11.8 Å². The second-order valence-corrected chi connectivity index (χ2v) is 8.84. The van der Waals surface area contributed by atoms with Crippen LogP contribution in [0.15, 0.2) is 18.2 Å². The summed E-state index contributed by atoms with van der Waals surface area (Å²) in [7, 11) is 0. The number of aliphatic hydroxyl groups is 1. The minimum atomic E-state index is -1.15. The summed E-state index contributed by atoms with van der Waals surface area (Å²) in [6.07, 6.45) is 0.782. The van der Waals surface area contributed by atoms with Gasteiger partial charge >= 0.3 is 0 Å². The molecule has 5 rings (SSSR count). The first kappa shape index (κ1) is 20.8. The second-order valence-electron chi connectivity index (χ2n) is 8.43. The van der Waals surface area contributed by atoms with E-state index in [9.17, 15) is 18.7 Å². The molecule has 4 fully saturated rings. The van der Waals surface area contributed by atoms with Crippen LogP contribution in [-0.2, 0) is 4.79 Å². The molecule has 1 aromatic carbocycles. The number of nitrogens with one attached hydrogen (secondary N) is 3. The number of piperidine rings is 1. The molecule has 4 unspecified atom stereocenters. The van der Waals surface area contributed by atoms with Crippen molar-refractivity contribution in [2.45, 2.75) is 49.7 Å². The van der Waals surface area contributed by atoms with Gasteiger partial charge in [0, 0.05) is 24.2 Å². The average molecular weight is 430 g/mol. The van der Waals surface area contributed by atoms with Gasteiger partial charge < -0.3 is 20.5 Å². The zero-order chi connectivity index (χ0) is 20.6. The van der Waals surface area contributed by atoms with Crippen LogP contribution < -0.4 is 20.7 Å². The largest absolute Gasteiger partial charge is 0.489 e. The number of carbonyl (C=O) groups excluding carboxylic acids is 1. The van der Waals surface area contributed by atoms with Gasteiger partial charge in [0.05, 0.1) is 10.9 Å². The fraction of sp³-hybridized carbons (Fsp3) is 0.650. The molecular formula is C20H26ClF2N3O3. The van der Waals surface area contributed by atoms with E-state index in [0.29, 0.717) is 25.3 Å². The molecule has 3 aliphatic carbocycles. The molecule has 3 saturated carbocycles. The van der Waals surface area contributed by atoms with Crippen LogP contribution in [-0.4, -0.2) is 54.7 Å². The minimum Gasteiger partial charge on any atom is -0.489 e. The number of hydrogen-bond donors (Lipinski definition) is 4. The summed E-state index contributed by atoms with van der Waals surface area (Å²) >= 11 is 5.64. The van der Waals surface area contributed by atoms with E-state index in [1.54, 1.807) is 0 Å². The maximum absolute atomic E-state index is 14.0. The van der Waals surface area contributed by atoms with Crippen LogP contribution in [0.2, 0.25) is 5.02 Å². The molecule has 160 valence electrons. The SMILES string of the molecule is O=C(NC12CC(C1)C(NC(O)COc1ccc(Cl)c(F)c1)C2)C1CCNCC1F. The summed E-state index contributed by atoms with van der Waals surface area (Å²) in [5.41, 5.74) is -0.302. The molecule has 2 bridgehead atoms. The van der Waals surface area contributed by atoms with Crippen LogP contribution in [0.25, 0.3) is 0 Å². The van der Waals surface area contributed by atoms with Crippen LogP contribution in [0.3, 0.4) is 0 Å². The van der Waals surface area contributed by atoms with Crippen LogP contribution in [0.5, 0.6) is 5.75 Å². The molecule has 29 heavy (non-hydrogen) atoms. The summed E-state index contributed by atoms with van der Waals surface area (Å²) in [6, 6.07) is 4.15. The van der Waals surface area contributed by atoms with Crippen LogP contribution in [0.1, 0.15) is 25.7 Å². The van der Waals surface area contributed by atoms with Crippen molar-refractivity contribution >= 4 is 17.5 Å². The number of aliphatic hydroxyl groups excluding tert-OH is 1. The minimum absolute atomic E-state index is 0.0117. The smallest absolute Gasteiger partial charge is 0.226 e. The number of benzene rings is 1. The highest BCUT2D eigenvalue weighted by atomic mass is 35.5. The third-order valence-corrected chi connectivity index (χ3v) is 6.63. The molecule has 4 N–H and O–H groups in total. The number of rotatable bonds is 7. The number of fused-ring (bicyclic) bond motifs is 1. The fourth-order valence-corrected chi connectivity index (χ4v) is 4.96. The van der Waals surface area contributed by atoms with Crippen LogP contribution in [0.4, 0.5) is 8.78 Å². The molecule has 1 heterocycles. The molecule has 1 saturated heterocycles. The molecule has 9 heteroatoms. The number of alkyl halides is 1. The Hall–Kier alpha value is -1.48. The summed E-state index contributed by atoms with van der Waals surface area (Å²) < 4.78 is 32.9. The summed E-state index contributed by atoms with van der Waals surface area (Å²) in [5, 5.41) is 19.4. The fourth-order valence-electron chi connectivity index (χ4n) is 4.84. The van der Waals surface area contributed by atoms with Crippen molar-refractivity contribution in [3.63, 3.8) is 0 Å². The monoisotopic (exact) mass is 429 g/mol. The lowest BCUT2D eigenvalue weighted by Gasteiger charge is -2.40. The van der Waals surface area contributed by atoms with E-state index < -0.39 is 24.1 Å². The van der Waals surface area contributed by atoms with Crippen molar-refractivity contribution in [2.75, 3.05) is 19.7 Å². The van der Waals surface area contributed by atoms with Gasteiger partial charge in [-0.25, -0.2) is 8.78 Å². The van der Waals surface area contributed by atoms with Crippen molar-refractivity contribution in [3.8, 4) is 5.75 Å². The number of amides is 1. The van der Waals surface area contributed by atoms with E-state index in [0.717, 1.165) is 12.8 Å². The number of halogens is 3. The molecule has 0 radical (unpaired) electrons. The first-order valence-corrected chi connectivity index (χ1v) is 10.4. The van der Waals surface area contributed by atoms with Crippen molar-refractivity contribution in [1.82, 2.24) is 16.0 Å². The molecule has 1 aromatic rings. The third kappa shape index (κ3) is 4.50. The van der Waals surface area contributed by atoms with Gasteiger partial charge in [-0.05, 0) is 50.3 Å². The first-order valence-electron chi connectivity index (χ1n) is 10.0. The van der Waals surface area contributed by atoms with E-state index in [-0.39, 0.29) is 41.4 Å². The second kappa shape index (κ2) is 8.34. The quantitative estimate of drug-likeness (QED) is 0.496. The highest BCUT2D eigenvalue weighted by molar-refractivity contribution is 6.30. The normalized spacial score (nSPS) is 34.3. The Morgan fingerprint density at radius 3 is 2.93 bits per heavy atom. The molecule has 4 atom stereocenters. The summed E-state index contributed by atoms with van der Waals surface area (Å²) in [6.45, 7) is 0.839. The molecule has 0 spiro atoms. The van der Waals surface area contributed by atoms with Crippen LogP contribution in [0, 0.1) is 17.7 Å². The predicted octanol–water partition coefficient (Wildman–Crippen LogP) is 1.75. The van der Waals surface area contributed by atoms with Gasteiger partial charge in [0.25, 0.3) is 0 Å². The highest BCUT2D eigenvalue weighted by Gasteiger charge is 2.57. The maximum atomic E-state index is 14.0. The van der Waals surface area contributed by atoms with Gasteiger partial charge in [0.2, 0.25) is 5.91 Å². The van der Waals surface area contributed by atoms with Crippen molar-refractivity contribution in [3.05, 3.63) is 29.0 Å². The lowest BCUT2D eigenvalue weighted by molar-refractivity contribution is -0.130. The van der Waals surface area contributed by atoms with E-state index in [1.807, 2.05) is 0 Å². The van der Waals surface area contributed by atoms with Crippen LogP contribution >= 0.6 is 11.6 Å². The topological polar surface area (TPSA) is 82.6 Å². The molecular weight excluding hydrogens is 404 g/mol. The highest BCUT2D eigenvalue weighted by Crippen LogP contribution is 2.52. The zero-order valence-corrected chi connectivity index (χ0v) is 16.7. The predicted molar refractivity (Wildman–Crippen MR) is 104 cm³/mol. The standard InChI is InChI=1S/C20H26ClF2N3O3/c21-14-2-1-12(5-15(14)22)29-10-18(27)25-17-8-20(6-11(17)7-20)26-19(28)13-3-4-24-9-16(13)23/h1-2,5,11,13,16-18,24-25,27H,3-4,6-10H2,(H,26,28). The van der Waals surface area contributed by atoms with Crippen molar-refractivity contribution in [1.29, 1.82) is 0 Å². The maximum Gasteiger partial charge on any atom is 0.226 e.